The molecule has 1 fully saturated rings. The molecule has 1 aromatic carbocycles. The number of aliphatic hydroxyl groups is 1. The molecule has 0 spiro atoms. The number of nitrogens with zero attached hydrogens (tertiary/aromatic N) is 1. The minimum absolute atomic E-state index is 0. The lowest BCUT2D eigenvalue weighted by Crippen LogP contribution is -2.44. The number of ether oxygens (including phenoxy) is 3. The predicted octanol–water partition coefficient (Wildman–Crippen LogP) is 1.55. The van der Waals surface area contributed by atoms with Crippen LogP contribution in [-0.4, -0.2) is 64.7 Å². The second-order valence-corrected chi connectivity index (χ2v) is 6.58. The highest BCUT2D eigenvalue weighted by Crippen LogP contribution is 2.31. The van der Waals surface area contributed by atoms with Gasteiger partial charge in [-0.2, -0.15) is 0 Å². The Labute approximate surface area is 183 Å². The molecule has 0 saturated carbocycles. The second kappa shape index (κ2) is 12.1. The number of hydrogen-bond acceptors (Lipinski definition) is 6. The molecule has 1 aromatic rings. The number of hydrogen-bond donors (Lipinski definition) is 3. The summed E-state index contributed by atoms with van der Waals surface area (Å²) in [5, 5.41) is 15.9. The van der Waals surface area contributed by atoms with Crippen LogP contribution in [0.2, 0.25) is 0 Å². The Hall–Kier alpha value is -1.59. The van der Waals surface area contributed by atoms with Gasteiger partial charge in [0.25, 0.3) is 0 Å². The third kappa shape index (κ3) is 6.49. The molecule has 3 N–H and O–H groups in total. The van der Waals surface area contributed by atoms with Crippen molar-refractivity contribution >= 4 is 35.9 Å². The van der Waals surface area contributed by atoms with E-state index in [0.717, 1.165) is 18.6 Å². The van der Waals surface area contributed by atoms with Crippen LogP contribution in [0.4, 0.5) is 0 Å². The fourth-order valence-electron chi connectivity index (χ4n) is 3.12. The first-order chi connectivity index (χ1) is 13.1. The van der Waals surface area contributed by atoms with E-state index >= 15 is 0 Å². The molecule has 9 heteroatoms. The van der Waals surface area contributed by atoms with Crippen molar-refractivity contribution in [1.29, 1.82) is 0 Å². The van der Waals surface area contributed by atoms with E-state index in [1.807, 2.05) is 6.07 Å². The van der Waals surface area contributed by atoms with Crippen LogP contribution in [0.5, 0.6) is 5.75 Å². The average molecular weight is 507 g/mol. The van der Waals surface area contributed by atoms with E-state index in [1.165, 1.54) is 14.2 Å². The van der Waals surface area contributed by atoms with Crippen LogP contribution >= 0.6 is 24.0 Å². The maximum atomic E-state index is 11.9. The maximum Gasteiger partial charge on any atom is 0.341 e. The molecule has 1 unspecified atom stereocenters. The molecule has 0 radical (unpaired) electrons. The summed E-state index contributed by atoms with van der Waals surface area (Å²) in [5.74, 6) is 0.679. The lowest BCUT2D eigenvalue weighted by Gasteiger charge is -2.27. The summed E-state index contributed by atoms with van der Waals surface area (Å²) in [4.78, 5) is 16.1. The highest BCUT2D eigenvalue weighted by Gasteiger charge is 2.34. The molecule has 28 heavy (non-hydrogen) atoms. The lowest BCUT2D eigenvalue weighted by molar-refractivity contribution is 0.0597. The van der Waals surface area contributed by atoms with E-state index in [1.54, 1.807) is 19.2 Å². The Morgan fingerprint density at radius 1 is 1.36 bits per heavy atom. The first-order valence-electron chi connectivity index (χ1n) is 8.96. The molecular weight excluding hydrogens is 477 g/mol. The van der Waals surface area contributed by atoms with Crippen molar-refractivity contribution in [2.45, 2.75) is 19.4 Å². The largest absolute Gasteiger partial charge is 0.496 e. The summed E-state index contributed by atoms with van der Waals surface area (Å²) in [6.45, 7) is 2.65. The minimum Gasteiger partial charge on any atom is -0.496 e. The van der Waals surface area contributed by atoms with Crippen molar-refractivity contribution in [3.8, 4) is 5.75 Å². The Balaban J connectivity index is 0.00000392. The van der Waals surface area contributed by atoms with Crippen LogP contribution < -0.4 is 15.4 Å². The number of guanidine groups is 1. The average Bonchev–Trinajstić information content (AvgIpc) is 3.16. The van der Waals surface area contributed by atoms with E-state index in [0.29, 0.717) is 43.4 Å². The number of aliphatic hydroxyl groups excluding tert-OH is 1. The number of carbonyl (C=O) groups is 1. The fourth-order valence-corrected chi connectivity index (χ4v) is 3.12. The van der Waals surface area contributed by atoms with Crippen molar-refractivity contribution in [2.75, 3.05) is 47.6 Å². The first-order valence-corrected chi connectivity index (χ1v) is 8.96. The standard InChI is InChI=1S/C19H29N3O5.HI/c1-20-18(22-12-19(6-8-23)7-9-27-13-19)21-11-14-4-5-16(25-2)15(10-14)17(24)26-3;/h4-5,10,23H,6-9,11-13H2,1-3H3,(H2,20,21,22);1H. The zero-order chi connectivity index (χ0) is 19.7. The summed E-state index contributed by atoms with van der Waals surface area (Å²) < 4.78 is 15.5. The number of benzene rings is 1. The smallest absolute Gasteiger partial charge is 0.341 e. The van der Waals surface area contributed by atoms with Gasteiger partial charge in [0.05, 0.1) is 20.8 Å². The van der Waals surface area contributed by atoms with E-state index in [2.05, 4.69) is 15.6 Å². The van der Waals surface area contributed by atoms with Gasteiger partial charge >= 0.3 is 5.97 Å². The van der Waals surface area contributed by atoms with Crippen LogP contribution in [0.1, 0.15) is 28.8 Å². The van der Waals surface area contributed by atoms with Crippen molar-refractivity contribution in [2.24, 2.45) is 10.4 Å². The van der Waals surface area contributed by atoms with Gasteiger partial charge < -0.3 is 30.0 Å². The van der Waals surface area contributed by atoms with Gasteiger partial charge in [0.2, 0.25) is 0 Å². The number of rotatable bonds is 8. The lowest BCUT2D eigenvalue weighted by atomic mass is 9.84. The highest BCUT2D eigenvalue weighted by atomic mass is 127. The molecule has 0 aliphatic carbocycles. The van der Waals surface area contributed by atoms with Crippen LogP contribution in [0.25, 0.3) is 0 Å². The van der Waals surface area contributed by atoms with Crippen molar-refractivity contribution in [3.63, 3.8) is 0 Å². The third-order valence-corrected chi connectivity index (χ3v) is 4.81. The summed E-state index contributed by atoms with van der Waals surface area (Å²) in [6.07, 6.45) is 1.61. The number of esters is 1. The third-order valence-electron chi connectivity index (χ3n) is 4.81. The van der Waals surface area contributed by atoms with Gasteiger partial charge in [-0.3, -0.25) is 4.99 Å². The molecule has 1 aliphatic heterocycles. The quantitative estimate of drug-likeness (QED) is 0.213. The van der Waals surface area contributed by atoms with Gasteiger partial charge in [-0.15, -0.1) is 24.0 Å². The minimum atomic E-state index is -0.441. The predicted molar refractivity (Wildman–Crippen MR) is 118 cm³/mol. The number of halogens is 1. The Morgan fingerprint density at radius 2 is 2.14 bits per heavy atom. The van der Waals surface area contributed by atoms with E-state index in [9.17, 15) is 9.90 Å². The SMILES string of the molecule is CN=C(NCc1ccc(OC)c(C(=O)OC)c1)NCC1(CCO)CCOC1.I. The molecule has 0 amide bonds. The molecule has 2 rings (SSSR count). The summed E-state index contributed by atoms with van der Waals surface area (Å²) >= 11 is 0. The van der Waals surface area contributed by atoms with Gasteiger partial charge in [-0.05, 0) is 30.5 Å². The molecule has 158 valence electrons. The number of carbonyl (C=O) groups excluding carboxylic acids is 1. The zero-order valence-corrected chi connectivity index (χ0v) is 18.9. The number of nitrogens with one attached hydrogen (secondary N) is 2. The van der Waals surface area contributed by atoms with Crippen LogP contribution in [-0.2, 0) is 16.0 Å². The topological polar surface area (TPSA) is 101 Å². The molecular formula is C19H30IN3O5. The van der Waals surface area contributed by atoms with Crippen molar-refractivity contribution in [1.82, 2.24) is 10.6 Å². The van der Waals surface area contributed by atoms with Gasteiger partial charge in [-0.1, -0.05) is 6.07 Å². The van der Waals surface area contributed by atoms with Crippen LogP contribution in [0.3, 0.4) is 0 Å². The number of methoxy groups -OCH3 is 2. The first kappa shape index (κ1) is 24.4. The summed E-state index contributed by atoms with van der Waals surface area (Å²) in [7, 11) is 4.56. The molecule has 1 heterocycles. The second-order valence-electron chi connectivity index (χ2n) is 6.58. The molecule has 1 saturated heterocycles. The van der Waals surface area contributed by atoms with Crippen LogP contribution in [0, 0.1) is 5.41 Å². The highest BCUT2D eigenvalue weighted by molar-refractivity contribution is 14.0. The van der Waals surface area contributed by atoms with E-state index < -0.39 is 5.97 Å². The monoisotopic (exact) mass is 507 g/mol. The summed E-state index contributed by atoms with van der Waals surface area (Å²) in [6, 6.07) is 5.36. The van der Waals surface area contributed by atoms with Crippen molar-refractivity contribution < 1.29 is 24.1 Å². The maximum absolute atomic E-state index is 11.9. The normalized spacial score (nSPS) is 18.9. The molecule has 0 bridgehead atoms. The summed E-state index contributed by atoms with van der Waals surface area (Å²) in [5.41, 5.74) is 1.21. The van der Waals surface area contributed by atoms with Gasteiger partial charge in [0.15, 0.2) is 5.96 Å². The fraction of sp³-hybridized carbons (Fsp3) is 0.579. The molecule has 8 nitrogen and oxygen atoms in total. The number of aliphatic imine (C=N–C) groups is 1. The van der Waals surface area contributed by atoms with E-state index in [4.69, 9.17) is 14.2 Å². The van der Waals surface area contributed by atoms with Gasteiger partial charge in [-0.25, -0.2) is 4.79 Å². The van der Waals surface area contributed by atoms with Gasteiger partial charge in [0.1, 0.15) is 11.3 Å². The Kier molecular flexibility index (Phi) is 10.5. The van der Waals surface area contributed by atoms with Gasteiger partial charge in [0, 0.05) is 38.8 Å². The zero-order valence-electron chi connectivity index (χ0n) is 16.6. The molecule has 1 atom stereocenters. The molecule has 0 aromatic heterocycles. The van der Waals surface area contributed by atoms with Crippen molar-refractivity contribution in [3.05, 3.63) is 29.3 Å². The Bertz CT molecular complexity index is 663. The van der Waals surface area contributed by atoms with E-state index in [-0.39, 0.29) is 36.0 Å². The Morgan fingerprint density at radius 3 is 2.71 bits per heavy atom. The van der Waals surface area contributed by atoms with Crippen LogP contribution in [0.15, 0.2) is 23.2 Å². The molecule has 1 aliphatic rings.